The van der Waals surface area contributed by atoms with E-state index in [1.165, 1.54) is 12.1 Å². The van der Waals surface area contributed by atoms with E-state index >= 15 is 0 Å². The molecule has 0 heterocycles. The fourth-order valence-corrected chi connectivity index (χ4v) is 4.19. The monoisotopic (exact) mass is 408 g/mol. The molecule has 0 bridgehead atoms. The summed E-state index contributed by atoms with van der Waals surface area (Å²) in [6.07, 6.45) is 0. The number of rotatable bonds is 4. The summed E-state index contributed by atoms with van der Waals surface area (Å²) < 4.78 is 24.5. The molecule has 0 aliphatic carbocycles. The highest BCUT2D eigenvalue weighted by Crippen LogP contribution is 2.31. The van der Waals surface area contributed by atoms with Gasteiger partial charge in [0.2, 0.25) is 0 Å². The van der Waals surface area contributed by atoms with Crippen LogP contribution in [0.3, 0.4) is 0 Å². The average Bonchev–Trinajstić information content (AvgIpc) is 2.72. The first-order valence-corrected chi connectivity index (χ1v) is 10.7. The van der Waals surface area contributed by atoms with Gasteiger partial charge in [0.15, 0.2) is 9.84 Å². The van der Waals surface area contributed by atoms with Crippen molar-refractivity contribution in [2.75, 3.05) is 5.01 Å². The van der Waals surface area contributed by atoms with Gasteiger partial charge in [-0.1, -0.05) is 54.6 Å². The van der Waals surface area contributed by atoms with Crippen molar-refractivity contribution in [2.45, 2.75) is 30.4 Å². The van der Waals surface area contributed by atoms with Crippen LogP contribution in [0.25, 0.3) is 11.1 Å². The van der Waals surface area contributed by atoms with E-state index in [0.717, 1.165) is 16.1 Å². The minimum absolute atomic E-state index is 0.0978. The number of para-hydroxylation sites is 1. The zero-order valence-electron chi connectivity index (χ0n) is 16.7. The molecule has 0 saturated heterocycles. The predicted octanol–water partition coefficient (Wildman–Crippen LogP) is 4.45. The van der Waals surface area contributed by atoms with Crippen LogP contribution in [0, 0.1) is 0 Å². The molecule has 0 aromatic heterocycles. The van der Waals surface area contributed by atoms with Crippen LogP contribution < -0.4 is 10.9 Å². The zero-order valence-corrected chi connectivity index (χ0v) is 17.5. The van der Waals surface area contributed by atoms with Gasteiger partial charge in [-0.2, -0.15) is 0 Å². The van der Waals surface area contributed by atoms with Crippen LogP contribution in [-0.2, 0) is 9.84 Å². The number of nitrogens with two attached hydrogens (primary N) is 1. The summed E-state index contributed by atoms with van der Waals surface area (Å²) >= 11 is 0. The first-order valence-electron chi connectivity index (χ1n) is 9.21. The molecule has 5 nitrogen and oxygen atoms in total. The third-order valence-electron chi connectivity index (χ3n) is 4.66. The van der Waals surface area contributed by atoms with Crippen molar-refractivity contribution in [3.8, 4) is 11.1 Å². The molecule has 0 radical (unpaired) electrons. The third-order valence-corrected chi connectivity index (χ3v) is 7.15. The molecule has 0 fully saturated rings. The Hall–Kier alpha value is -2.96. The molecule has 6 heteroatoms. The molecule has 0 atom stereocenters. The quantitative estimate of drug-likeness (QED) is 0.393. The smallest absolute Gasteiger partial charge is 0.267 e. The molecular formula is C23H24N2O3S. The molecule has 0 aliphatic rings. The summed E-state index contributed by atoms with van der Waals surface area (Å²) in [5, 5.41) is 1.06. The van der Waals surface area contributed by atoms with Crippen LogP contribution in [0.2, 0.25) is 0 Å². The van der Waals surface area contributed by atoms with E-state index in [9.17, 15) is 13.2 Å². The van der Waals surface area contributed by atoms with Crippen molar-refractivity contribution in [1.29, 1.82) is 0 Å². The van der Waals surface area contributed by atoms with Gasteiger partial charge in [0.1, 0.15) is 0 Å². The number of carbonyl (C=O) groups excluding carboxylic acids is 1. The molecule has 1 amide bonds. The van der Waals surface area contributed by atoms with Crippen LogP contribution in [0.4, 0.5) is 5.69 Å². The van der Waals surface area contributed by atoms with E-state index in [2.05, 4.69) is 0 Å². The first kappa shape index (κ1) is 20.8. The highest BCUT2D eigenvalue weighted by Gasteiger charge is 2.31. The Kier molecular flexibility index (Phi) is 5.59. The summed E-state index contributed by atoms with van der Waals surface area (Å²) in [4.78, 5) is 13.2. The van der Waals surface area contributed by atoms with Gasteiger partial charge in [-0.05, 0) is 50.6 Å². The van der Waals surface area contributed by atoms with E-state index in [1.54, 1.807) is 45.0 Å². The Morgan fingerprint density at radius 2 is 1.48 bits per heavy atom. The summed E-state index contributed by atoms with van der Waals surface area (Å²) in [5.74, 6) is 5.70. The molecule has 3 aromatic rings. The standard InChI is InChI=1S/C23H24N2O3S/c1-23(2,3)29(27,28)19-13-9-12-18(16-19)22(26)25(24)21-15-8-7-14-20(21)17-10-5-4-6-11-17/h4-16H,24H2,1-3H3. The SMILES string of the molecule is CC(C)(C)S(=O)(=O)c1cccc(C(=O)N(N)c2ccccc2-c2ccccc2)c1. The van der Waals surface area contributed by atoms with Gasteiger partial charge in [-0.3, -0.25) is 4.79 Å². The number of hydrogen-bond donors (Lipinski definition) is 1. The molecule has 0 unspecified atom stereocenters. The molecule has 0 aliphatic heterocycles. The number of sulfone groups is 1. The van der Waals surface area contributed by atoms with Gasteiger partial charge in [0, 0.05) is 11.1 Å². The van der Waals surface area contributed by atoms with Crippen molar-refractivity contribution >= 4 is 21.4 Å². The Morgan fingerprint density at radius 1 is 0.862 bits per heavy atom. The fourth-order valence-electron chi connectivity index (χ4n) is 2.94. The van der Waals surface area contributed by atoms with Crippen LogP contribution in [0.15, 0.2) is 83.8 Å². The molecule has 0 saturated carbocycles. The van der Waals surface area contributed by atoms with Gasteiger partial charge >= 0.3 is 0 Å². The van der Waals surface area contributed by atoms with Crippen LogP contribution >= 0.6 is 0 Å². The third kappa shape index (κ3) is 4.09. The fraction of sp³-hybridized carbons (Fsp3) is 0.174. The largest absolute Gasteiger partial charge is 0.272 e. The number of anilines is 1. The predicted molar refractivity (Wildman–Crippen MR) is 116 cm³/mol. The molecule has 0 spiro atoms. The second kappa shape index (κ2) is 7.81. The maximum Gasteiger partial charge on any atom is 0.272 e. The lowest BCUT2D eigenvalue weighted by Crippen LogP contribution is -2.38. The van der Waals surface area contributed by atoms with E-state index in [4.69, 9.17) is 5.84 Å². The van der Waals surface area contributed by atoms with Crippen molar-refractivity contribution in [3.05, 3.63) is 84.4 Å². The second-order valence-corrected chi connectivity index (χ2v) is 10.4. The second-order valence-electron chi connectivity index (χ2n) is 7.70. The lowest BCUT2D eigenvalue weighted by molar-refractivity contribution is 0.0986. The molecule has 2 N–H and O–H groups in total. The van der Waals surface area contributed by atoms with E-state index in [1.807, 2.05) is 42.5 Å². The Labute approximate surface area is 171 Å². The molecule has 150 valence electrons. The van der Waals surface area contributed by atoms with E-state index in [0.29, 0.717) is 5.69 Å². The van der Waals surface area contributed by atoms with Crippen LogP contribution in [-0.4, -0.2) is 19.1 Å². The maximum absolute atomic E-state index is 13.1. The van der Waals surface area contributed by atoms with Crippen LogP contribution in [0.5, 0.6) is 0 Å². The van der Waals surface area contributed by atoms with E-state index in [-0.39, 0.29) is 10.5 Å². The van der Waals surface area contributed by atoms with Crippen molar-refractivity contribution in [1.82, 2.24) is 0 Å². The van der Waals surface area contributed by atoms with E-state index < -0.39 is 20.5 Å². The molecular weight excluding hydrogens is 384 g/mol. The van der Waals surface area contributed by atoms with Crippen molar-refractivity contribution in [3.63, 3.8) is 0 Å². The Bertz CT molecular complexity index is 1130. The molecule has 3 rings (SSSR count). The number of amides is 1. The van der Waals surface area contributed by atoms with Crippen LogP contribution in [0.1, 0.15) is 31.1 Å². The topological polar surface area (TPSA) is 80.5 Å². The van der Waals surface area contributed by atoms with Gasteiger partial charge in [0.25, 0.3) is 5.91 Å². The minimum atomic E-state index is -3.59. The average molecular weight is 409 g/mol. The van der Waals surface area contributed by atoms with Gasteiger partial charge in [-0.15, -0.1) is 0 Å². The van der Waals surface area contributed by atoms with Gasteiger partial charge < -0.3 is 0 Å². The normalized spacial score (nSPS) is 11.9. The van der Waals surface area contributed by atoms with Gasteiger partial charge in [0.05, 0.1) is 15.3 Å². The number of hydrogen-bond acceptors (Lipinski definition) is 4. The van der Waals surface area contributed by atoms with Gasteiger partial charge in [-0.25, -0.2) is 19.3 Å². The highest BCUT2D eigenvalue weighted by molar-refractivity contribution is 7.92. The van der Waals surface area contributed by atoms with Crippen molar-refractivity contribution < 1.29 is 13.2 Å². The van der Waals surface area contributed by atoms with Crippen molar-refractivity contribution in [2.24, 2.45) is 5.84 Å². The summed E-state index contributed by atoms with van der Waals surface area (Å²) in [6, 6.07) is 22.9. The minimum Gasteiger partial charge on any atom is -0.267 e. The molecule has 29 heavy (non-hydrogen) atoms. The number of carbonyl (C=O) groups is 1. The first-order chi connectivity index (χ1) is 13.6. The zero-order chi connectivity index (χ0) is 21.2. The maximum atomic E-state index is 13.1. The number of hydrazine groups is 1. The lowest BCUT2D eigenvalue weighted by Gasteiger charge is -2.22. The lowest BCUT2D eigenvalue weighted by atomic mass is 10.0. The Balaban J connectivity index is 2.01. The summed E-state index contributed by atoms with van der Waals surface area (Å²) in [6.45, 7) is 4.88. The molecule has 3 aromatic carbocycles. The highest BCUT2D eigenvalue weighted by atomic mass is 32.2. The summed E-state index contributed by atoms with van der Waals surface area (Å²) in [7, 11) is -3.59. The Morgan fingerprint density at radius 3 is 2.14 bits per heavy atom. The number of benzene rings is 3. The summed E-state index contributed by atoms with van der Waals surface area (Å²) in [5.41, 5.74) is 2.48. The number of nitrogens with zero attached hydrogens (tertiary/aromatic N) is 1.